The van der Waals surface area contributed by atoms with Gasteiger partial charge in [0.2, 0.25) is 5.91 Å². The number of hydrogen-bond acceptors (Lipinski definition) is 3. The van der Waals surface area contributed by atoms with Crippen molar-refractivity contribution in [3.05, 3.63) is 0 Å². The normalized spacial score (nSPS) is 32.6. The molecule has 2 fully saturated rings. The zero-order valence-electron chi connectivity index (χ0n) is 10.4. The summed E-state index contributed by atoms with van der Waals surface area (Å²) in [5.41, 5.74) is 0. The van der Waals surface area contributed by atoms with Crippen LogP contribution in [0.3, 0.4) is 0 Å². The van der Waals surface area contributed by atoms with Gasteiger partial charge in [0, 0.05) is 19.1 Å². The minimum atomic E-state index is -0.0509. The number of carbonyl (C=O) groups is 1. The van der Waals surface area contributed by atoms with Crippen molar-refractivity contribution in [2.75, 3.05) is 13.1 Å². The minimum absolute atomic E-state index is 0.0509. The quantitative estimate of drug-likeness (QED) is 0.772. The summed E-state index contributed by atoms with van der Waals surface area (Å²) in [6.45, 7) is 7.45. The molecule has 3 atom stereocenters. The Morgan fingerprint density at radius 1 is 1.31 bits per heavy atom. The maximum absolute atomic E-state index is 12.2. The average molecular weight is 226 g/mol. The number of carbonyl (C=O) groups excluding carboxylic acids is 1. The van der Waals surface area contributed by atoms with Gasteiger partial charge in [-0.15, -0.1) is 0 Å². The smallest absolute Gasteiger partial charge is 0.239 e. The molecular formula is C12H22N2O2. The number of morpholine rings is 1. The standard InChI is InChI=1S/C12H22N2O2/c1-8-6-14(7-9(2)16-8)12(15)10(3)13-11-4-5-11/h8-11,13H,4-7H2,1-3H3. The maximum Gasteiger partial charge on any atom is 0.239 e. The van der Waals surface area contributed by atoms with Gasteiger partial charge in [0.05, 0.1) is 18.2 Å². The molecule has 1 saturated heterocycles. The molecule has 1 aliphatic carbocycles. The van der Waals surface area contributed by atoms with E-state index in [0.29, 0.717) is 6.04 Å². The third-order valence-corrected chi connectivity index (χ3v) is 3.16. The third-order valence-electron chi connectivity index (χ3n) is 3.16. The molecule has 0 bridgehead atoms. The first-order valence-electron chi connectivity index (χ1n) is 6.26. The molecule has 1 heterocycles. The van der Waals surface area contributed by atoms with E-state index in [1.54, 1.807) is 0 Å². The topological polar surface area (TPSA) is 41.6 Å². The molecule has 4 heteroatoms. The second kappa shape index (κ2) is 4.72. The van der Waals surface area contributed by atoms with E-state index in [4.69, 9.17) is 4.74 Å². The maximum atomic E-state index is 12.2. The van der Waals surface area contributed by atoms with Crippen LogP contribution in [-0.2, 0) is 9.53 Å². The van der Waals surface area contributed by atoms with E-state index < -0.39 is 0 Å². The highest BCUT2D eigenvalue weighted by molar-refractivity contribution is 5.81. The molecule has 1 aliphatic heterocycles. The van der Waals surface area contributed by atoms with Gasteiger partial charge in [-0.3, -0.25) is 4.79 Å². The molecule has 2 rings (SSSR count). The van der Waals surface area contributed by atoms with Gasteiger partial charge >= 0.3 is 0 Å². The highest BCUT2D eigenvalue weighted by atomic mass is 16.5. The number of amides is 1. The van der Waals surface area contributed by atoms with Crippen LogP contribution in [0.15, 0.2) is 0 Å². The van der Waals surface area contributed by atoms with Gasteiger partial charge in [0.25, 0.3) is 0 Å². The summed E-state index contributed by atoms with van der Waals surface area (Å²) < 4.78 is 5.63. The van der Waals surface area contributed by atoms with Crippen LogP contribution < -0.4 is 5.32 Å². The first kappa shape index (κ1) is 11.9. The van der Waals surface area contributed by atoms with Crippen LogP contribution in [0, 0.1) is 0 Å². The molecule has 2 aliphatic rings. The van der Waals surface area contributed by atoms with Crippen LogP contribution >= 0.6 is 0 Å². The molecule has 0 aromatic heterocycles. The summed E-state index contributed by atoms with van der Waals surface area (Å²) in [5.74, 6) is 0.217. The molecule has 0 aromatic carbocycles. The molecule has 92 valence electrons. The fourth-order valence-electron chi connectivity index (χ4n) is 2.31. The predicted octanol–water partition coefficient (Wildman–Crippen LogP) is 0.763. The Labute approximate surface area is 97.3 Å². The van der Waals surface area contributed by atoms with Crippen molar-refractivity contribution in [2.24, 2.45) is 0 Å². The van der Waals surface area contributed by atoms with Gasteiger partial charge in [0.15, 0.2) is 0 Å². The zero-order chi connectivity index (χ0) is 11.7. The van der Waals surface area contributed by atoms with Crippen molar-refractivity contribution in [3.63, 3.8) is 0 Å². The Bertz CT molecular complexity index is 256. The molecule has 0 spiro atoms. The summed E-state index contributed by atoms with van der Waals surface area (Å²) in [4.78, 5) is 14.1. The second-order valence-electron chi connectivity index (χ2n) is 5.16. The van der Waals surface area contributed by atoms with Gasteiger partial charge in [0.1, 0.15) is 0 Å². The largest absolute Gasteiger partial charge is 0.372 e. The predicted molar refractivity (Wildman–Crippen MR) is 62.2 cm³/mol. The summed E-state index contributed by atoms with van der Waals surface area (Å²) in [7, 11) is 0. The molecule has 16 heavy (non-hydrogen) atoms. The van der Waals surface area contributed by atoms with E-state index in [0.717, 1.165) is 13.1 Å². The Kier molecular flexibility index (Phi) is 3.50. The Balaban J connectivity index is 1.86. The van der Waals surface area contributed by atoms with Crippen LogP contribution in [-0.4, -0.2) is 48.2 Å². The lowest BCUT2D eigenvalue weighted by Gasteiger charge is -2.36. The SMILES string of the molecule is CC1CN(C(=O)C(C)NC2CC2)CC(C)O1. The molecule has 0 radical (unpaired) electrons. The van der Waals surface area contributed by atoms with Crippen molar-refractivity contribution in [1.82, 2.24) is 10.2 Å². The van der Waals surface area contributed by atoms with E-state index in [1.807, 2.05) is 25.7 Å². The summed E-state index contributed by atoms with van der Waals surface area (Å²) >= 11 is 0. The molecule has 1 N–H and O–H groups in total. The zero-order valence-corrected chi connectivity index (χ0v) is 10.4. The van der Waals surface area contributed by atoms with E-state index in [9.17, 15) is 4.79 Å². The van der Waals surface area contributed by atoms with E-state index in [1.165, 1.54) is 12.8 Å². The molecule has 1 amide bonds. The van der Waals surface area contributed by atoms with E-state index in [2.05, 4.69) is 5.32 Å². The van der Waals surface area contributed by atoms with Crippen LogP contribution in [0.1, 0.15) is 33.6 Å². The highest BCUT2D eigenvalue weighted by Crippen LogP contribution is 2.20. The number of hydrogen-bond donors (Lipinski definition) is 1. The van der Waals surface area contributed by atoms with E-state index >= 15 is 0 Å². The van der Waals surface area contributed by atoms with E-state index in [-0.39, 0.29) is 24.2 Å². The molecular weight excluding hydrogens is 204 g/mol. The summed E-state index contributed by atoms with van der Waals surface area (Å²) in [6, 6.07) is 0.528. The third kappa shape index (κ3) is 2.95. The summed E-state index contributed by atoms with van der Waals surface area (Å²) in [5, 5.41) is 3.35. The Morgan fingerprint density at radius 2 is 1.88 bits per heavy atom. The van der Waals surface area contributed by atoms with Crippen LogP contribution in [0.25, 0.3) is 0 Å². The average Bonchev–Trinajstić information content (AvgIpc) is 2.99. The Hall–Kier alpha value is -0.610. The molecule has 0 aromatic rings. The van der Waals surface area contributed by atoms with Crippen molar-refractivity contribution in [2.45, 2.75) is 57.9 Å². The van der Waals surface area contributed by atoms with Crippen LogP contribution in [0.2, 0.25) is 0 Å². The second-order valence-corrected chi connectivity index (χ2v) is 5.16. The first-order valence-corrected chi connectivity index (χ1v) is 6.26. The lowest BCUT2D eigenvalue weighted by Crippen LogP contribution is -2.53. The van der Waals surface area contributed by atoms with Crippen molar-refractivity contribution < 1.29 is 9.53 Å². The van der Waals surface area contributed by atoms with Gasteiger partial charge < -0.3 is 15.0 Å². The highest BCUT2D eigenvalue weighted by Gasteiger charge is 2.31. The summed E-state index contributed by atoms with van der Waals surface area (Å²) in [6.07, 6.45) is 2.74. The van der Waals surface area contributed by atoms with Gasteiger partial charge in [-0.25, -0.2) is 0 Å². The van der Waals surface area contributed by atoms with Gasteiger partial charge in [-0.2, -0.15) is 0 Å². The molecule has 4 nitrogen and oxygen atoms in total. The minimum Gasteiger partial charge on any atom is -0.372 e. The molecule has 3 unspecified atom stereocenters. The molecule has 1 saturated carbocycles. The Morgan fingerprint density at radius 3 is 2.38 bits per heavy atom. The fraction of sp³-hybridized carbons (Fsp3) is 0.917. The monoisotopic (exact) mass is 226 g/mol. The van der Waals surface area contributed by atoms with Crippen LogP contribution in [0.5, 0.6) is 0 Å². The number of rotatable bonds is 3. The van der Waals surface area contributed by atoms with Gasteiger partial charge in [-0.1, -0.05) is 0 Å². The van der Waals surface area contributed by atoms with Crippen molar-refractivity contribution in [1.29, 1.82) is 0 Å². The lowest BCUT2D eigenvalue weighted by molar-refractivity contribution is -0.145. The lowest BCUT2D eigenvalue weighted by atomic mass is 10.2. The number of nitrogens with zero attached hydrogens (tertiary/aromatic N) is 1. The number of nitrogens with one attached hydrogen (secondary N) is 1. The number of ether oxygens (including phenoxy) is 1. The van der Waals surface area contributed by atoms with Crippen LogP contribution in [0.4, 0.5) is 0 Å². The fourth-order valence-corrected chi connectivity index (χ4v) is 2.31. The van der Waals surface area contributed by atoms with Crippen molar-refractivity contribution >= 4 is 5.91 Å². The van der Waals surface area contributed by atoms with Gasteiger partial charge in [-0.05, 0) is 33.6 Å². The van der Waals surface area contributed by atoms with Crippen molar-refractivity contribution in [3.8, 4) is 0 Å². The first-order chi connectivity index (χ1) is 7.56.